The SMILES string of the molecule is Cc1c2cccc(O)c2nn1CC(=O)O. The van der Waals surface area contributed by atoms with Gasteiger partial charge in [0.25, 0.3) is 0 Å². The second-order valence-electron chi connectivity index (χ2n) is 3.31. The molecule has 0 saturated heterocycles. The average molecular weight is 206 g/mol. The van der Waals surface area contributed by atoms with Gasteiger partial charge in [-0.1, -0.05) is 12.1 Å². The molecule has 0 atom stereocenters. The first-order chi connectivity index (χ1) is 7.09. The molecule has 15 heavy (non-hydrogen) atoms. The van der Waals surface area contributed by atoms with E-state index in [9.17, 15) is 9.90 Å². The molecule has 2 aromatic rings. The Bertz CT molecular complexity index is 531. The smallest absolute Gasteiger partial charge is 0.325 e. The number of aromatic nitrogens is 2. The van der Waals surface area contributed by atoms with E-state index in [1.165, 1.54) is 10.7 Å². The lowest BCUT2D eigenvalue weighted by atomic mass is 10.2. The molecule has 0 fully saturated rings. The zero-order chi connectivity index (χ0) is 11.0. The van der Waals surface area contributed by atoms with E-state index >= 15 is 0 Å². The van der Waals surface area contributed by atoms with Gasteiger partial charge in [0.05, 0.1) is 0 Å². The molecule has 1 aromatic carbocycles. The first kappa shape index (κ1) is 9.51. The summed E-state index contributed by atoms with van der Waals surface area (Å²) < 4.78 is 1.37. The Morgan fingerprint density at radius 2 is 2.27 bits per heavy atom. The number of benzene rings is 1. The summed E-state index contributed by atoms with van der Waals surface area (Å²) in [7, 11) is 0. The Labute approximate surface area is 85.6 Å². The zero-order valence-electron chi connectivity index (χ0n) is 8.14. The van der Waals surface area contributed by atoms with Crippen LogP contribution < -0.4 is 0 Å². The third-order valence-electron chi connectivity index (χ3n) is 2.30. The van der Waals surface area contributed by atoms with Crippen LogP contribution in [0.3, 0.4) is 0 Å². The maximum absolute atomic E-state index is 10.6. The summed E-state index contributed by atoms with van der Waals surface area (Å²) >= 11 is 0. The lowest BCUT2D eigenvalue weighted by molar-refractivity contribution is -0.137. The van der Waals surface area contributed by atoms with Gasteiger partial charge in [0.1, 0.15) is 17.8 Å². The maximum Gasteiger partial charge on any atom is 0.325 e. The highest BCUT2D eigenvalue weighted by Crippen LogP contribution is 2.25. The van der Waals surface area contributed by atoms with E-state index in [1.807, 2.05) is 0 Å². The van der Waals surface area contributed by atoms with Crippen LogP contribution in [-0.4, -0.2) is 26.0 Å². The number of carbonyl (C=O) groups is 1. The van der Waals surface area contributed by atoms with Crippen molar-refractivity contribution in [3.63, 3.8) is 0 Å². The van der Waals surface area contributed by atoms with Gasteiger partial charge in [-0.2, -0.15) is 5.10 Å². The van der Waals surface area contributed by atoms with E-state index in [4.69, 9.17) is 5.11 Å². The molecule has 0 aliphatic heterocycles. The fourth-order valence-corrected chi connectivity index (χ4v) is 1.55. The first-order valence-corrected chi connectivity index (χ1v) is 4.46. The number of fused-ring (bicyclic) bond motifs is 1. The molecule has 0 unspecified atom stereocenters. The van der Waals surface area contributed by atoms with Gasteiger partial charge < -0.3 is 10.2 Å². The fourth-order valence-electron chi connectivity index (χ4n) is 1.55. The van der Waals surface area contributed by atoms with Gasteiger partial charge in [-0.15, -0.1) is 0 Å². The molecule has 0 amide bonds. The second kappa shape index (κ2) is 3.27. The summed E-state index contributed by atoms with van der Waals surface area (Å²) in [6, 6.07) is 5.03. The van der Waals surface area contributed by atoms with Crippen molar-refractivity contribution in [1.29, 1.82) is 0 Å². The Morgan fingerprint density at radius 1 is 1.53 bits per heavy atom. The highest BCUT2D eigenvalue weighted by molar-refractivity contribution is 5.86. The molecule has 1 heterocycles. The molecule has 0 saturated carbocycles. The first-order valence-electron chi connectivity index (χ1n) is 4.46. The van der Waals surface area contributed by atoms with Gasteiger partial charge in [0.2, 0.25) is 0 Å². The molecule has 0 spiro atoms. The number of phenols is 1. The van der Waals surface area contributed by atoms with Crippen molar-refractivity contribution in [2.24, 2.45) is 0 Å². The number of rotatable bonds is 2. The predicted octanol–water partition coefficient (Wildman–Crippen LogP) is 1.13. The Kier molecular flexibility index (Phi) is 2.07. The average Bonchev–Trinajstić information content (AvgIpc) is 2.46. The van der Waals surface area contributed by atoms with Crippen LogP contribution >= 0.6 is 0 Å². The Hall–Kier alpha value is -2.04. The molecule has 78 valence electrons. The minimum Gasteiger partial charge on any atom is -0.506 e. The number of hydrogen-bond acceptors (Lipinski definition) is 3. The summed E-state index contributed by atoms with van der Waals surface area (Å²) in [5, 5.41) is 23.0. The van der Waals surface area contributed by atoms with Crippen molar-refractivity contribution >= 4 is 16.9 Å². The van der Waals surface area contributed by atoms with Crippen LogP contribution in [0.15, 0.2) is 18.2 Å². The third-order valence-corrected chi connectivity index (χ3v) is 2.30. The molecular formula is C10H10N2O3. The van der Waals surface area contributed by atoms with Crippen molar-refractivity contribution < 1.29 is 15.0 Å². The highest BCUT2D eigenvalue weighted by atomic mass is 16.4. The standard InChI is InChI=1S/C10H10N2O3/c1-6-7-3-2-4-8(13)10(7)11-12(6)5-9(14)15/h2-4,13H,5H2,1H3,(H,14,15). The quantitative estimate of drug-likeness (QED) is 0.772. The topological polar surface area (TPSA) is 75.4 Å². The summed E-state index contributed by atoms with van der Waals surface area (Å²) in [6.07, 6.45) is 0. The van der Waals surface area contributed by atoms with Crippen molar-refractivity contribution in [3.05, 3.63) is 23.9 Å². The number of aromatic hydroxyl groups is 1. The van der Waals surface area contributed by atoms with Gasteiger partial charge in [-0.05, 0) is 13.0 Å². The molecule has 5 heteroatoms. The number of carboxylic acids is 1. The lowest BCUT2D eigenvalue weighted by Gasteiger charge is -1.97. The van der Waals surface area contributed by atoms with Crippen molar-refractivity contribution in [3.8, 4) is 5.75 Å². The minimum atomic E-state index is -0.953. The van der Waals surface area contributed by atoms with Crippen molar-refractivity contribution in [1.82, 2.24) is 9.78 Å². The van der Waals surface area contributed by atoms with Crippen molar-refractivity contribution in [2.75, 3.05) is 0 Å². The summed E-state index contributed by atoms with van der Waals surface area (Å²) in [5.74, 6) is -0.884. The summed E-state index contributed by atoms with van der Waals surface area (Å²) in [5.41, 5.74) is 1.18. The van der Waals surface area contributed by atoms with E-state index in [0.717, 1.165) is 11.1 Å². The number of aryl methyl sites for hydroxylation is 1. The van der Waals surface area contributed by atoms with E-state index in [0.29, 0.717) is 5.52 Å². The normalized spacial score (nSPS) is 10.7. The van der Waals surface area contributed by atoms with E-state index < -0.39 is 5.97 Å². The van der Waals surface area contributed by atoms with Crippen LogP contribution in [0.2, 0.25) is 0 Å². The number of phenolic OH excluding ortho intramolecular Hbond substituents is 1. The van der Waals surface area contributed by atoms with Crippen LogP contribution in [0.25, 0.3) is 10.9 Å². The van der Waals surface area contributed by atoms with E-state index in [-0.39, 0.29) is 12.3 Å². The number of aliphatic carboxylic acids is 1. The number of hydrogen-bond donors (Lipinski definition) is 2. The molecule has 2 rings (SSSR count). The van der Waals surface area contributed by atoms with E-state index in [1.54, 1.807) is 19.1 Å². The minimum absolute atomic E-state index is 0.0692. The van der Waals surface area contributed by atoms with E-state index in [2.05, 4.69) is 5.10 Å². The van der Waals surface area contributed by atoms with Crippen LogP contribution in [0.4, 0.5) is 0 Å². The molecule has 2 N–H and O–H groups in total. The molecule has 0 bridgehead atoms. The third kappa shape index (κ3) is 1.52. The lowest BCUT2D eigenvalue weighted by Crippen LogP contribution is -2.11. The Balaban J connectivity index is 2.64. The molecule has 1 aromatic heterocycles. The fraction of sp³-hybridized carbons (Fsp3) is 0.200. The van der Waals surface area contributed by atoms with Crippen LogP contribution in [0.5, 0.6) is 5.75 Å². The highest BCUT2D eigenvalue weighted by Gasteiger charge is 2.11. The second-order valence-corrected chi connectivity index (χ2v) is 3.31. The summed E-state index contributed by atoms with van der Waals surface area (Å²) in [6.45, 7) is 1.58. The number of carboxylic acid groups (broad SMARTS) is 1. The monoisotopic (exact) mass is 206 g/mol. The summed E-state index contributed by atoms with van der Waals surface area (Å²) in [4.78, 5) is 10.6. The van der Waals surface area contributed by atoms with Gasteiger partial charge in [-0.3, -0.25) is 9.48 Å². The Morgan fingerprint density at radius 3 is 2.87 bits per heavy atom. The van der Waals surface area contributed by atoms with Crippen molar-refractivity contribution in [2.45, 2.75) is 13.5 Å². The largest absolute Gasteiger partial charge is 0.506 e. The molecule has 5 nitrogen and oxygen atoms in total. The molecule has 0 radical (unpaired) electrons. The van der Waals surface area contributed by atoms with Crippen LogP contribution in [0, 0.1) is 6.92 Å². The van der Waals surface area contributed by atoms with Crippen LogP contribution in [-0.2, 0) is 11.3 Å². The molecule has 0 aliphatic rings. The van der Waals surface area contributed by atoms with Crippen LogP contribution in [0.1, 0.15) is 5.69 Å². The zero-order valence-corrected chi connectivity index (χ0v) is 8.14. The predicted molar refractivity (Wildman–Crippen MR) is 53.8 cm³/mol. The maximum atomic E-state index is 10.6. The van der Waals surface area contributed by atoms with Gasteiger partial charge in [-0.25, -0.2) is 0 Å². The molecular weight excluding hydrogens is 196 g/mol. The number of nitrogens with zero attached hydrogens (tertiary/aromatic N) is 2. The van der Waals surface area contributed by atoms with Gasteiger partial charge in [0, 0.05) is 11.1 Å². The van der Waals surface area contributed by atoms with Gasteiger partial charge >= 0.3 is 5.97 Å². The molecule has 0 aliphatic carbocycles. The van der Waals surface area contributed by atoms with Gasteiger partial charge in [0.15, 0.2) is 0 Å².